The molecule has 0 unspecified atom stereocenters. The average molecular weight is 521 g/mol. The lowest BCUT2D eigenvalue weighted by Crippen LogP contribution is -2.28. The van der Waals surface area contributed by atoms with Crippen molar-refractivity contribution in [3.05, 3.63) is 60.8 Å². The Morgan fingerprint density at radius 3 is 2.14 bits per heavy atom. The number of alkyl halides is 6. The van der Waals surface area contributed by atoms with Gasteiger partial charge in [-0.25, -0.2) is 22.7 Å². The molecule has 0 radical (unpaired) electrons. The van der Waals surface area contributed by atoms with E-state index in [9.17, 15) is 34.8 Å². The molecule has 0 fully saturated rings. The van der Waals surface area contributed by atoms with Gasteiger partial charge in [0.25, 0.3) is 10.0 Å². The monoisotopic (exact) mass is 521 g/mol. The summed E-state index contributed by atoms with van der Waals surface area (Å²) in [6.07, 6.45) is -8.20. The molecule has 188 valence electrons. The van der Waals surface area contributed by atoms with E-state index in [1.165, 1.54) is 37.4 Å². The van der Waals surface area contributed by atoms with Gasteiger partial charge in [0.15, 0.2) is 13.2 Å². The molecule has 1 aromatic heterocycles. The van der Waals surface area contributed by atoms with Crippen LogP contribution in [0.4, 0.5) is 32.3 Å². The van der Waals surface area contributed by atoms with Gasteiger partial charge >= 0.3 is 12.4 Å². The Morgan fingerprint density at radius 2 is 1.51 bits per heavy atom. The number of rotatable bonds is 8. The first kappa shape index (κ1) is 26.1. The third kappa shape index (κ3) is 6.97. The Kier molecular flexibility index (Phi) is 7.43. The fraction of sp³-hybridized carbons (Fsp3) is 0.238. The molecule has 0 N–H and O–H groups in total. The molecular formula is C21H17F6N3O4S. The lowest BCUT2D eigenvalue weighted by atomic mass is 10.1. The minimum absolute atomic E-state index is 0.0618. The van der Waals surface area contributed by atoms with Crippen molar-refractivity contribution in [1.82, 2.24) is 9.97 Å². The standard InChI is InChI=1S/C21H17F6N3O4S/c1-30(35(31,32)15-5-3-2-4-6-15)19-28-10-9-17(29-19)16-11-14(33-12-20(22,23)24)7-8-18(16)34-13-21(25,26)27/h2-11H,12-13H2,1H3. The van der Waals surface area contributed by atoms with Gasteiger partial charge < -0.3 is 9.47 Å². The van der Waals surface area contributed by atoms with Gasteiger partial charge in [-0.1, -0.05) is 18.2 Å². The molecule has 0 spiro atoms. The van der Waals surface area contributed by atoms with E-state index in [-0.39, 0.29) is 33.6 Å². The Morgan fingerprint density at radius 1 is 0.886 bits per heavy atom. The molecule has 0 saturated heterocycles. The maximum atomic E-state index is 12.9. The van der Waals surface area contributed by atoms with Crippen LogP contribution in [0.3, 0.4) is 0 Å². The summed E-state index contributed by atoms with van der Waals surface area (Å²) in [4.78, 5) is 7.92. The van der Waals surface area contributed by atoms with Crippen molar-refractivity contribution in [3.63, 3.8) is 0 Å². The molecule has 2 aromatic carbocycles. The van der Waals surface area contributed by atoms with Crippen molar-refractivity contribution in [1.29, 1.82) is 0 Å². The second kappa shape index (κ2) is 9.98. The number of aromatic nitrogens is 2. The molecule has 0 bridgehead atoms. The van der Waals surface area contributed by atoms with Crippen LogP contribution < -0.4 is 13.8 Å². The van der Waals surface area contributed by atoms with E-state index < -0.39 is 35.6 Å². The van der Waals surface area contributed by atoms with Crippen LogP contribution in [-0.2, 0) is 10.0 Å². The number of hydrogen-bond donors (Lipinski definition) is 0. The topological polar surface area (TPSA) is 81.6 Å². The van der Waals surface area contributed by atoms with Gasteiger partial charge in [0, 0.05) is 18.8 Å². The zero-order valence-electron chi connectivity index (χ0n) is 17.8. The summed E-state index contributed by atoms with van der Waals surface area (Å²) in [7, 11) is -2.91. The first-order chi connectivity index (χ1) is 16.3. The molecule has 3 rings (SSSR count). The van der Waals surface area contributed by atoms with Crippen LogP contribution in [0.25, 0.3) is 11.3 Å². The Hall–Kier alpha value is -3.55. The molecular weight excluding hydrogens is 504 g/mol. The molecule has 7 nitrogen and oxygen atoms in total. The largest absolute Gasteiger partial charge is 0.484 e. The predicted molar refractivity (Wildman–Crippen MR) is 113 cm³/mol. The summed E-state index contributed by atoms with van der Waals surface area (Å²) in [5.74, 6) is -1.02. The highest BCUT2D eigenvalue weighted by molar-refractivity contribution is 7.92. The molecule has 0 atom stereocenters. The van der Waals surface area contributed by atoms with E-state index >= 15 is 0 Å². The molecule has 0 saturated carbocycles. The number of benzene rings is 2. The van der Waals surface area contributed by atoms with E-state index in [4.69, 9.17) is 4.74 Å². The number of hydrogen-bond acceptors (Lipinski definition) is 6. The van der Waals surface area contributed by atoms with E-state index in [0.717, 1.165) is 28.7 Å². The predicted octanol–water partition coefficient (Wildman–Crippen LogP) is 4.85. The molecule has 0 aliphatic heterocycles. The average Bonchev–Trinajstić information content (AvgIpc) is 2.81. The van der Waals surface area contributed by atoms with Crippen molar-refractivity contribution in [2.45, 2.75) is 17.2 Å². The van der Waals surface area contributed by atoms with E-state index in [1.807, 2.05) is 0 Å². The van der Waals surface area contributed by atoms with Crippen molar-refractivity contribution < 1.29 is 44.2 Å². The van der Waals surface area contributed by atoms with Crippen molar-refractivity contribution >= 4 is 16.0 Å². The van der Waals surface area contributed by atoms with Gasteiger partial charge in [-0.2, -0.15) is 26.3 Å². The van der Waals surface area contributed by atoms with Gasteiger partial charge in [0.2, 0.25) is 5.95 Å². The maximum Gasteiger partial charge on any atom is 0.422 e. The molecule has 14 heteroatoms. The van der Waals surface area contributed by atoms with Crippen LogP contribution in [0.15, 0.2) is 65.7 Å². The second-order valence-electron chi connectivity index (χ2n) is 6.99. The first-order valence-electron chi connectivity index (χ1n) is 9.67. The van der Waals surface area contributed by atoms with Crippen molar-refractivity contribution in [3.8, 4) is 22.8 Å². The Balaban J connectivity index is 2.01. The Bertz CT molecular complexity index is 1270. The molecule has 1 heterocycles. The minimum atomic E-state index is -4.69. The molecule has 35 heavy (non-hydrogen) atoms. The van der Waals surface area contributed by atoms with Gasteiger partial charge in [-0.05, 0) is 36.4 Å². The third-order valence-corrected chi connectivity index (χ3v) is 6.10. The van der Waals surface area contributed by atoms with Crippen LogP contribution in [0.5, 0.6) is 11.5 Å². The summed E-state index contributed by atoms with van der Waals surface area (Å²) < 4.78 is 112. The molecule has 3 aromatic rings. The fourth-order valence-electron chi connectivity index (χ4n) is 2.76. The first-order valence-corrected chi connectivity index (χ1v) is 11.1. The third-order valence-electron chi connectivity index (χ3n) is 4.35. The number of anilines is 1. The zero-order chi connectivity index (χ0) is 25.9. The van der Waals surface area contributed by atoms with E-state index in [1.54, 1.807) is 6.07 Å². The smallest absolute Gasteiger partial charge is 0.422 e. The van der Waals surface area contributed by atoms with Gasteiger partial charge in [0.05, 0.1) is 10.6 Å². The summed E-state index contributed by atoms with van der Waals surface area (Å²) in [6.45, 7) is -3.31. The highest BCUT2D eigenvalue weighted by Crippen LogP contribution is 2.35. The maximum absolute atomic E-state index is 12.9. The van der Waals surface area contributed by atoms with Crippen molar-refractivity contribution in [2.75, 3.05) is 24.6 Å². The number of nitrogens with zero attached hydrogens (tertiary/aromatic N) is 3. The molecule has 0 aliphatic carbocycles. The summed E-state index contributed by atoms with van der Waals surface area (Å²) >= 11 is 0. The van der Waals surface area contributed by atoms with Crippen molar-refractivity contribution in [2.24, 2.45) is 0 Å². The number of ether oxygens (including phenoxy) is 2. The fourth-order valence-corrected chi connectivity index (χ4v) is 3.88. The molecule has 0 aliphatic rings. The SMILES string of the molecule is CN(c1nccc(-c2cc(OCC(F)(F)F)ccc2OCC(F)(F)F)n1)S(=O)(=O)c1ccccc1. The van der Waals surface area contributed by atoms with Crippen LogP contribution in [-0.4, -0.2) is 51.0 Å². The van der Waals surface area contributed by atoms with Crippen LogP contribution in [0.2, 0.25) is 0 Å². The van der Waals surface area contributed by atoms with Gasteiger partial charge in [-0.3, -0.25) is 0 Å². The lowest BCUT2D eigenvalue weighted by Gasteiger charge is -2.19. The zero-order valence-corrected chi connectivity index (χ0v) is 18.7. The highest BCUT2D eigenvalue weighted by atomic mass is 32.2. The minimum Gasteiger partial charge on any atom is -0.484 e. The summed E-state index contributed by atoms with van der Waals surface area (Å²) in [5, 5.41) is 0. The van der Waals surface area contributed by atoms with E-state index in [2.05, 4.69) is 14.7 Å². The van der Waals surface area contributed by atoms with Gasteiger partial charge in [0.1, 0.15) is 11.5 Å². The quantitative estimate of drug-likeness (QED) is 0.395. The number of sulfonamides is 1. The number of halogens is 6. The van der Waals surface area contributed by atoms with Crippen LogP contribution >= 0.6 is 0 Å². The summed E-state index contributed by atoms with van der Waals surface area (Å²) in [5.41, 5.74) is -0.275. The highest BCUT2D eigenvalue weighted by Gasteiger charge is 2.30. The normalized spacial score (nSPS) is 12.3. The summed E-state index contributed by atoms with van der Waals surface area (Å²) in [6, 6.07) is 11.6. The lowest BCUT2D eigenvalue weighted by molar-refractivity contribution is -0.154. The van der Waals surface area contributed by atoms with E-state index in [0.29, 0.717) is 0 Å². The second-order valence-corrected chi connectivity index (χ2v) is 8.96. The Labute approximate surface area is 196 Å². The molecule has 0 amide bonds. The van der Waals surface area contributed by atoms with Crippen LogP contribution in [0.1, 0.15) is 0 Å². The van der Waals surface area contributed by atoms with Crippen LogP contribution in [0, 0.1) is 0 Å². The van der Waals surface area contributed by atoms with Gasteiger partial charge in [-0.15, -0.1) is 0 Å².